The first kappa shape index (κ1) is 15.3. The summed E-state index contributed by atoms with van der Waals surface area (Å²) in [6.45, 7) is 0. The van der Waals surface area contributed by atoms with E-state index in [2.05, 4.69) is 21.2 Å². The largest absolute Gasteiger partial charge is 0.318 e. The minimum Gasteiger partial charge on any atom is -0.318 e. The molecule has 0 radical (unpaired) electrons. The lowest BCUT2D eigenvalue weighted by molar-refractivity contribution is -0.111. The van der Waals surface area contributed by atoms with Crippen LogP contribution in [0.1, 0.15) is 5.56 Å². The summed E-state index contributed by atoms with van der Waals surface area (Å²) in [5.41, 5.74) is -0.365. The molecule has 0 saturated heterocycles. The second-order valence-corrected chi connectivity index (χ2v) is 5.00. The third kappa shape index (κ3) is 3.95. The average Bonchev–Trinajstić information content (AvgIpc) is 2.44. The van der Waals surface area contributed by atoms with E-state index < -0.39 is 29.0 Å². The minimum atomic E-state index is -0.884. The molecular weight excluding hydrogens is 347 g/mol. The number of carbonyl (C=O) groups excluding carboxylic acids is 1. The molecule has 1 amide bonds. The second-order valence-electron chi connectivity index (χ2n) is 4.09. The second kappa shape index (κ2) is 6.58. The number of rotatable bonds is 3. The molecule has 0 aromatic heterocycles. The SMILES string of the molecule is O=C(C=Cc1cc(Br)ccc1F)Nc1c(F)cccc1F. The van der Waals surface area contributed by atoms with Crippen LogP contribution in [-0.4, -0.2) is 5.91 Å². The molecule has 0 bridgehead atoms. The monoisotopic (exact) mass is 355 g/mol. The van der Waals surface area contributed by atoms with Crippen molar-refractivity contribution in [1.82, 2.24) is 0 Å². The van der Waals surface area contributed by atoms with Crippen LogP contribution in [0.3, 0.4) is 0 Å². The molecule has 2 nitrogen and oxygen atoms in total. The van der Waals surface area contributed by atoms with Crippen LogP contribution in [0.15, 0.2) is 46.9 Å². The van der Waals surface area contributed by atoms with Crippen LogP contribution in [0.25, 0.3) is 6.08 Å². The number of anilines is 1. The summed E-state index contributed by atoms with van der Waals surface area (Å²) in [5, 5.41) is 2.07. The van der Waals surface area contributed by atoms with Crippen molar-refractivity contribution in [3.63, 3.8) is 0 Å². The molecule has 2 aromatic carbocycles. The molecule has 0 saturated carbocycles. The summed E-state index contributed by atoms with van der Waals surface area (Å²) in [6.07, 6.45) is 2.21. The maximum Gasteiger partial charge on any atom is 0.248 e. The van der Waals surface area contributed by atoms with Crippen molar-refractivity contribution < 1.29 is 18.0 Å². The van der Waals surface area contributed by atoms with Gasteiger partial charge in [0.25, 0.3) is 0 Å². The van der Waals surface area contributed by atoms with E-state index >= 15 is 0 Å². The number of nitrogens with one attached hydrogen (secondary N) is 1. The maximum absolute atomic E-state index is 13.5. The van der Waals surface area contributed by atoms with Crippen molar-refractivity contribution in [2.45, 2.75) is 0 Å². The number of para-hydroxylation sites is 1. The van der Waals surface area contributed by atoms with Gasteiger partial charge in [-0.1, -0.05) is 22.0 Å². The van der Waals surface area contributed by atoms with Crippen LogP contribution < -0.4 is 5.32 Å². The Morgan fingerprint density at radius 2 is 1.71 bits per heavy atom. The summed E-state index contributed by atoms with van der Waals surface area (Å²) in [7, 11) is 0. The molecule has 0 aliphatic rings. The number of amides is 1. The smallest absolute Gasteiger partial charge is 0.248 e. The standard InChI is InChI=1S/C15H9BrF3NO/c16-10-5-6-11(17)9(8-10)4-7-14(21)20-15-12(18)2-1-3-13(15)19/h1-8H,(H,20,21). The van der Waals surface area contributed by atoms with Crippen molar-refractivity contribution in [3.05, 3.63) is 70.0 Å². The average molecular weight is 356 g/mol. The van der Waals surface area contributed by atoms with Crippen LogP contribution in [0.2, 0.25) is 0 Å². The quantitative estimate of drug-likeness (QED) is 0.806. The Labute approximate surface area is 127 Å². The van der Waals surface area contributed by atoms with Gasteiger partial charge in [-0.2, -0.15) is 0 Å². The predicted octanol–water partition coefficient (Wildman–Crippen LogP) is 4.52. The van der Waals surface area contributed by atoms with E-state index in [1.54, 1.807) is 0 Å². The maximum atomic E-state index is 13.5. The fraction of sp³-hybridized carbons (Fsp3) is 0. The van der Waals surface area contributed by atoms with Crippen LogP contribution in [0, 0.1) is 17.5 Å². The molecule has 0 spiro atoms. The summed E-state index contributed by atoms with van der Waals surface area (Å²) in [5.74, 6) is -3.05. The Kier molecular flexibility index (Phi) is 4.80. The summed E-state index contributed by atoms with van der Waals surface area (Å²) >= 11 is 3.18. The third-order valence-corrected chi connectivity index (χ3v) is 3.08. The topological polar surface area (TPSA) is 29.1 Å². The van der Waals surface area contributed by atoms with Crippen molar-refractivity contribution in [1.29, 1.82) is 0 Å². The minimum absolute atomic E-state index is 0.175. The third-order valence-electron chi connectivity index (χ3n) is 2.58. The fourth-order valence-corrected chi connectivity index (χ4v) is 1.97. The Hall–Kier alpha value is -2.08. The van der Waals surface area contributed by atoms with E-state index in [9.17, 15) is 18.0 Å². The molecule has 0 aliphatic carbocycles. The highest BCUT2D eigenvalue weighted by atomic mass is 79.9. The van der Waals surface area contributed by atoms with Gasteiger partial charge in [-0.05, 0) is 36.4 Å². The Bertz CT molecular complexity index is 696. The molecule has 0 atom stereocenters. The van der Waals surface area contributed by atoms with Gasteiger partial charge in [0.05, 0.1) is 0 Å². The van der Waals surface area contributed by atoms with Crippen molar-refractivity contribution in [3.8, 4) is 0 Å². The summed E-state index contributed by atoms with van der Waals surface area (Å²) in [4.78, 5) is 11.6. The first-order valence-electron chi connectivity index (χ1n) is 5.85. The molecule has 2 aromatic rings. The number of benzene rings is 2. The highest BCUT2D eigenvalue weighted by Gasteiger charge is 2.10. The zero-order valence-corrected chi connectivity index (χ0v) is 12.1. The van der Waals surface area contributed by atoms with Gasteiger partial charge in [-0.15, -0.1) is 0 Å². The van der Waals surface area contributed by atoms with Crippen molar-refractivity contribution >= 4 is 33.6 Å². The van der Waals surface area contributed by atoms with E-state index in [1.807, 2.05) is 0 Å². The molecule has 0 fully saturated rings. The lowest BCUT2D eigenvalue weighted by Crippen LogP contribution is -2.10. The molecule has 1 N–H and O–H groups in total. The zero-order chi connectivity index (χ0) is 15.4. The molecular formula is C15H9BrF3NO. The number of halogens is 4. The predicted molar refractivity (Wildman–Crippen MR) is 78.1 cm³/mol. The Morgan fingerprint density at radius 3 is 2.38 bits per heavy atom. The zero-order valence-electron chi connectivity index (χ0n) is 10.5. The molecule has 6 heteroatoms. The molecule has 2 rings (SSSR count). The summed E-state index contributed by atoms with van der Waals surface area (Å²) in [6, 6.07) is 7.46. The molecule has 108 valence electrons. The molecule has 0 heterocycles. The number of carbonyl (C=O) groups is 1. The highest BCUT2D eigenvalue weighted by molar-refractivity contribution is 9.10. The van der Waals surface area contributed by atoms with Crippen LogP contribution in [0.4, 0.5) is 18.9 Å². The van der Waals surface area contributed by atoms with Gasteiger partial charge in [-0.3, -0.25) is 4.79 Å². The van der Waals surface area contributed by atoms with Gasteiger partial charge in [0, 0.05) is 16.1 Å². The highest BCUT2D eigenvalue weighted by Crippen LogP contribution is 2.19. The Morgan fingerprint density at radius 1 is 1.05 bits per heavy atom. The summed E-state index contributed by atoms with van der Waals surface area (Å²) < 4.78 is 40.8. The van der Waals surface area contributed by atoms with Crippen LogP contribution in [-0.2, 0) is 4.79 Å². The molecule has 0 unspecified atom stereocenters. The van der Waals surface area contributed by atoms with Crippen LogP contribution >= 0.6 is 15.9 Å². The van der Waals surface area contributed by atoms with E-state index in [0.29, 0.717) is 4.47 Å². The first-order chi connectivity index (χ1) is 9.97. The van der Waals surface area contributed by atoms with Gasteiger partial charge in [-0.25, -0.2) is 13.2 Å². The van der Waals surface area contributed by atoms with Gasteiger partial charge >= 0.3 is 0 Å². The Balaban J connectivity index is 2.15. The van der Waals surface area contributed by atoms with E-state index in [-0.39, 0.29) is 5.56 Å². The van der Waals surface area contributed by atoms with Gasteiger partial charge in [0.1, 0.15) is 23.1 Å². The first-order valence-corrected chi connectivity index (χ1v) is 6.65. The van der Waals surface area contributed by atoms with Crippen molar-refractivity contribution in [2.75, 3.05) is 5.32 Å². The lowest BCUT2D eigenvalue weighted by Gasteiger charge is -2.04. The molecule has 21 heavy (non-hydrogen) atoms. The van der Waals surface area contributed by atoms with Gasteiger partial charge < -0.3 is 5.32 Å². The lowest BCUT2D eigenvalue weighted by atomic mass is 10.2. The van der Waals surface area contributed by atoms with Gasteiger partial charge in [0.2, 0.25) is 5.91 Å². The van der Waals surface area contributed by atoms with E-state index in [4.69, 9.17) is 0 Å². The fourth-order valence-electron chi connectivity index (χ4n) is 1.59. The normalized spacial score (nSPS) is 10.9. The number of hydrogen-bond donors (Lipinski definition) is 1. The van der Waals surface area contributed by atoms with Crippen molar-refractivity contribution in [2.24, 2.45) is 0 Å². The van der Waals surface area contributed by atoms with E-state index in [0.717, 1.165) is 18.2 Å². The van der Waals surface area contributed by atoms with Gasteiger partial charge in [0.15, 0.2) is 0 Å². The number of hydrogen-bond acceptors (Lipinski definition) is 1. The van der Waals surface area contributed by atoms with Crippen LogP contribution in [0.5, 0.6) is 0 Å². The molecule has 0 aliphatic heterocycles. The van der Waals surface area contributed by atoms with E-state index in [1.165, 1.54) is 30.3 Å².